The van der Waals surface area contributed by atoms with Gasteiger partial charge in [0.25, 0.3) is 0 Å². The van der Waals surface area contributed by atoms with Gasteiger partial charge in [-0.15, -0.1) is 0 Å². The van der Waals surface area contributed by atoms with Gasteiger partial charge in [-0.25, -0.2) is 0 Å². The minimum atomic E-state index is 0.256. The van der Waals surface area contributed by atoms with Crippen LogP contribution in [0.5, 0.6) is 0 Å². The SMILES string of the molecule is CCCNc1cc(N(CCC#N)CC(C)C)nc(N)n1. The maximum absolute atomic E-state index is 8.78. The van der Waals surface area contributed by atoms with E-state index in [2.05, 4.69) is 47.0 Å². The highest BCUT2D eigenvalue weighted by Gasteiger charge is 2.12. The van der Waals surface area contributed by atoms with Crippen molar-refractivity contribution in [2.24, 2.45) is 5.92 Å². The van der Waals surface area contributed by atoms with E-state index in [1.54, 1.807) is 0 Å². The van der Waals surface area contributed by atoms with Crippen LogP contribution in [-0.2, 0) is 0 Å². The lowest BCUT2D eigenvalue weighted by molar-refractivity contribution is 0.607. The summed E-state index contributed by atoms with van der Waals surface area (Å²) in [5, 5.41) is 12.0. The van der Waals surface area contributed by atoms with E-state index in [1.807, 2.05) is 6.07 Å². The van der Waals surface area contributed by atoms with Crippen LogP contribution in [0.2, 0.25) is 0 Å². The standard InChI is InChI=1S/C14H24N6/c1-4-7-17-12-9-13(19-14(16)18-12)20(8-5-6-15)10-11(2)3/h9,11H,4-5,7-8,10H2,1-3H3,(H3,16,17,18,19). The van der Waals surface area contributed by atoms with Crippen molar-refractivity contribution >= 4 is 17.6 Å². The second-order valence-corrected chi connectivity index (χ2v) is 5.14. The van der Waals surface area contributed by atoms with Crippen molar-refractivity contribution in [2.75, 3.05) is 35.6 Å². The van der Waals surface area contributed by atoms with Crippen molar-refractivity contribution in [3.05, 3.63) is 6.07 Å². The van der Waals surface area contributed by atoms with Crippen molar-refractivity contribution in [3.8, 4) is 6.07 Å². The monoisotopic (exact) mass is 276 g/mol. The van der Waals surface area contributed by atoms with E-state index in [0.717, 1.165) is 31.1 Å². The van der Waals surface area contributed by atoms with Gasteiger partial charge in [0.2, 0.25) is 5.95 Å². The van der Waals surface area contributed by atoms with Crippen LogP contribution in [-0.4, -0.2) is 29.6 Å². The van der Waals surface area contributed by atoms with E-state index >= 15 is 0 Å². The number of nitrogens with one attached hydrogen (secondary N) is 1. The molecule has 0 aliphatic carbocycles. The Labute approximate surface area is 121 Å². The predicted molar refractivity (Wildman–Crippen MR) is 82.5 cm³/mol. The molecule has 1 heterocycles. The van der Waals surface area contributed by atoms with Crippen LogP contribution >= 0.6 is 0 Å². The first-order valence-electron chi connectivity index (χ1n) is 7.07. The minimum Gasteiger partial charge on any atom is -0.370 e. The first-order chi connectivity index (χ1) is 9.56. The Kier molecular flexibility index (Phi) is 6.57. The van der Waals surface area contributed by atoms with E-state index in [-0.39, 0.29) is 5.95 Å². The Morgan fingerprint density at radius 1 is 1.45 bits per heavy atom. The van der Waals surface area contributed by atoms with E-state index in [1.165, 1.54) is 0 Å². The topological polar surface area (TPSA) is 90.9 Å². The van der Waals surface area contributed by atoms with Gasteiger partial charge in [0.1, 0.15) is 11.6 Å². The quantitative estimate of drug-likeness (QED) is 0.756. The fourth-order valence-electron chi connectivity index (χ4n) is 1.88. The summed E-state index contributed by atoms with van der Waals surface area (Å²) in [6, 6.07) is 4.07. The summed E-state index contributed by atoms with van der Waals surface area (Å²) in [5.41, 5.74) is 5.77. The molecule has 0 spiro atoms. The van der Waals surface area contributed by atoms with Crippen LogP contribution in [0, 0.1) is 17.2 Å². The maximum atomic E-state index is 8.78. The second-order valence-electron chi connectivity index (χ2n) is 5.14. The zero-order valence-electron chi connectivity index (χ0n) is 12.6. The first-order valence-corrected chi connectivity index (χ1v) is 7.07. The lowest BCUT2D eigenvalue weighted by atomic mass is 10.2. The summed E-state index contributed by atoms with van der Waals surface area (Å²) in [6.45, 7) is 8.71. The minimum absolute atomic E-state index is 0.256. The van der Waals surface area contributed by atoms with Crippen LogP contribution < -0.4 is 16.0 Å². The Morgan fingerprint density at radius 2 is 2.20 bits per heavy atom. The average Bonchev–Trinajstić information content (AvgIpc) is 2.40. The smallest absolute Gasteiger partial charge is 0.223 e. The van der Waals surface area contributed by atoms with Gasteiger partial charge in [0, 0.05) is 25.7 Å². The zero-order chi connectivity index (χ0) is 15.0. The highest BCUT2D eigenvalue weighted by molar-refractivity contribution is 5.52. The molecule has 0 amide bonds. The van der Waals surface area contributed by atoms with Gasteiger partial charge in [-0.05, 0) is 12.3 Å². The molecule has 0 bridgehead atoms. The maximum Gasteiger partial charge on any atom is 0.223 e. The number of rotatable bonds is 8. The van der Waals surface area contributed by atoms with E-state index in [9.17, 15) is 0 Å². The summed E-state index contributed by atoms with van der Waals surface area (Å²) >= 11 is 0. The normalized spacial score (nSPS) is 10.3. The number of nitrogen functional groups attached to an aromatic ring is 1. The molecule has 0 unspecified atom stereocenters. The number of nitrogens with zero attached hydrogens (tertiary/aromatic N) is 4. The first kappa shape index (κ1) is 16.0. The van der Waals surface area contributed by atoms with Gasteiger partial charge in [-0.3, -0.25) is 0 Å². The number of nitrogens with two attached hydrogens (primary N) is 1. The number of hydrogen-bond acceptors (Lipinski definition) is 6. The molecule has 110 valence electrons. The van der Waals surface area contributed by atoms with E-state index in [0.29, 0.717) is 18.9 Å². The number of nitriles is 1. The molecule has 6 heteroatoms. The van der Waals surface area contributed by atoms with Crippen LogP contribution in [0.1, 0.15) is 33.6 Å². The molecule has 0 saturated heterocycles. The average molecular weight is 276 g/mol. The fourth-order valence-corrected chi connectivity index (χ4v) is 1.88. The molecule has 1 rings (SSSR count). The molecule has 1 aromatic heterocycles. The largest absolute Gasteiger partial charge is 0.370 e. The molecule has 0 saturated carbocycles. The molecular weight excluding hydrogens is 252 g/mol. The zero-order valence-corrected chi connectivity index (χ0v) is 12.6. The summed E-state index contributed by atoms with van der Waals surface area (Å²) in [4.78, 5) is 10.6. The summed E-state index contributed by atoms with van der Waals surface area (Å²) in [7, 11) is 0. The highest BCUT2D eigenvalue weighted by atomic mass is 15.2. The number of hydrogen-bond donors (Lipinski definition) is 2. The lowest BCUT2D eigenvalue weighted by Crippen LogP contribution is -2.29. The summed E-state index contributed by atoms with van der Waals surface area (Å²) < 4.78 is 0. The molecule has 0 atom stereocenters. The van der Waals surface area contributed by atoms with Crippen LogP contribution in [0.25, 0.3) is 0 Å². The third-order valence-electron chi connectivity index (χ3n) is 2.69. The molecule has 1 aromatic rings. The van der Waals surface area contributed by atoms with Gasteiger partial charge in [-0.1, -0.05) is 20.8 Å². The second kappa shape index (κ2) is 8.20. The van der Waals surface area contributed by atoms with Crippen molar-refractivity contribution in [1.82, 2.24) is 9.97 Å². The summed E-state index contributed by atoms with van der Waals surface area (Å²) in [5.74, 6) is 2.25. The van der Waals surface area contributed by atoms with Crippen LogP contribution in [0.3, 0.4) is 0 Å². The third kappa shape index (κ3) is 5.31. The van der Waals surface area contributed by atoms with Crippen LogP contribution in [0.15, 0.2) is 6.07 Å². The molecule has 6 nitrogen and oxygen atoms in total. The Hall–Kier alpha value is -2.03. The third-order valence-corrected chi connectivity index (χ3v) is 2.69. The molecule has 0 aromatic carbocycles. The van der Waals surface area contributed by atoms with Crippen LogP contribution in [0.4, 0.5) is 17.6 Å². The van der Waals surface area contributed by atoms with Crippen molar-refractivity contribution in [2.45, 2.75) is 33.6 Å². The molecule has 0 aliphatic heterocycles. The number of aromatic nitrogens is 2. The van der Waals surface area contributed by atoms with Gasteiger partial charge < -0.3 is 16.0 Å². The Morgan fingerprint density at radius 3 is 2.80 bits per heavy atom. The lowest BCUT2D eigenvalue weighted by Gasteiger charge is -2.25. The van der Waals surface area contributed by atoms with Crippen molar-refractivity contribution in [3.63, 3.8) is 0 Å². The Balaban J connectivity index is 2.93. The molecule has 0 fully saturated rings. The summed E-state index contributed by atoms with van der Waals surface area (Å²) in [6.07, 6.45) is 1.48. The molecule has 0 aliphatic rings. The molecule has 0 radical (unpaired) electrons. The van der Waals surface area contributed by atoms with Crippen molar-refractivity contribution in [1.29, 1.82) is 5.26 Å². The van der Waals surface area contributed by atoms with Gasteiger partial charge in [-0.2, -0.15) is 15.2 Å². The van der Waals surface area contributed by atoms with E-state index < -0.39 is 0 Å². The van der Waals surface area contributed by atoms with Gasteiger partial charge in [0.05, 0.1) is 12.5 Å². The molecule has 20 heavy (non-hydrogen) atoms. The van der Waals surface area contributed by atoms with E-state index in [4.69, 9.17) is 11.0 Å². The fraction of sp³-hybridized carbons (Fsp3) is 0.643. The Bertz CT molecular complexity index is 451. The highest BCUT2D eigenvalue weighted by Crippen LogP contribution is 2.18. The molecular formula is C14H24N6. The predicted octanol–water partition coefficient (Wildman–Crippen LogP) is 2.26. The van der Waals surface area contributed by atoms with Crippen molar-refractivity contribution < 1.29 is 0 Å². The number of anilines is 3. The van der Waals surface area contributed by atoms with Gasteiger partial charge in [0.15, 0.2) is 0 Å². The molecule has 3 N–H and O–H groups in total. The van der Waals surface area contributed by atoms with Gasteiger partial charge >= 0.3 is 0 Å².